The van der Waals surface area contributed by atoms with Crippen molar-refractivity contribution >= 4 is 5.78 Å². The largest absolute Gasteiger partial charge is 0.390 e. The number of carbonyl (C=O) groups is 1. The molecule has 0 saturated heterocycles. The number of carbonyl (C=O) groups excluding carboxylic acids is 1. The van der Waals surface area contributed by atoms with Gasteiger partial charge in [-0.25, -0.2) is 0 Å². The second kappa shape index (κ2) is 7.58. The minimum atomic E-state index is -0.596. The summed E-state index contributed by atoms with van der Waals surface area (Å²) < 4.78 is 0. The molecule has 0 spiro atoms. The second-order valence-corrected chi connectivity index (χ2v) is 6.61. The molecule has 0 aliphatic rings. The van der Waals surface area contributed by atoms with Gasteiger partial charge in [-0.15, -0.1) is 0 Å². The maximum atomic E-state index is 12.3. The highest BCUT2D eigenvalue weighted by atomic mass is 16.3. The van der Waals surface area contributed by atoms with E-state index in [9.17, 15) is 9.90 Å². The van der Waals surface area contributed by atoms with Gasteiger partial charge in [0, 0.05) is 12.3 Å². The molecule has 0 aromatic heterocycles. The highest BCUT2D eigenvalue weighted by molar-refractivity contribution is 5.85. The summed E-state index contributed by atoms with van der Waals surface area (Å²) in [4.78, 5) is 12.3. The van der Waals surface area contributed by atoms with Crippen molar-refractivity contribution in [2.45, 2.75) is 64.9 Å². The summed E-state index contributed by atoms with van der Waals surface area (Å²) in [5, 5.41) is 9.68. The normalized spacial score (nSPS) is 14.8. The van der Waals surface area contributed by atoms with Gasteiger partial charge in [0.2, 0.25) is 0 Å². The molecule has 1 N–H and O–H groups in total. The highest BCUT2D eigenvalue weighted by Gasteiger charge is 2.18. The zero-order valence-electron chi connectivity index (χ0n) is 13.2. The lowest BCUT2D eigenvalue weighted by molar-refractivity contribution is -0.121. The van der Waals surface area contributed by atoms with Crippen LogP contribution in [0.2, 0.25) is 0 Å². The predicted molar refractivity (Wildman–Crippen MR) is 83.8 cm³/mol. The lowest BCUT2D eigenvalue weighted by Gasteiger charge is -2.19. The zero-order valence-corrected chi connectivity index (χ0v) is 13.2. The first-order chi connectivity index (χ1) is 9.29. The van der Waals surface area contributed by atoms with E-state index >= 15 is 0 Å². The number of aliphatic hydroxyl groups is 1. The number of Topliss-reactive ketones (excluding diaryl/α,β-unsaturated/α-hetero) is 1. The van der Waals surface area contributed by atoms with Crippen molar-refractivity contribution in [3.8, 4) is 0 Å². The van der Waals surface area contributed by atoms with Gasteiger partial charge in [0.15, 0.2) is 0 Å². The summed E-state index contributed by atoms with van der Waals surface area (Å²) in [5.41, 5.74) is 0.502. The monoisotopic (exact) mass is 276 g/mol. The summed E-state index contributed by atoms with van der Waals surface area (Å²) >= 11 is 0. The molecule has 0 heterocycles. The van der Waals surface area contributed by atoms with Crippen LogP contribution in [0.5, 0.6) is 0 Å². The van der Waals surface area contributed by atoms with E-state index in [0.717, 1.165) is 24.8 Å². The van der Waals surface area contributed by atoms with Gasteiger partial charge < -0.3 is 5.11 Å². The molecule has 0 fully saturated rings. The Labute approximate surface area is 123 Å². The maximum absolute atomic E-state index is 12.3. The Morgan fingerprint density at radius 3 is 2.35 bits per heavy atom. The molecule has 2 unspecified atom stereocenters. The van der Waals surface area contributed by atoms with E-state index in [4.69, 9.17) is 0 Å². The molecule has 0 aliphatic carbocycles. The highest BCUT2D eigenvalue weighted by Crippen LogP contribution is 2.23. The van der Waals surface area contributed by atoms with Gasteiger partial charge in [-0.05, 0) is 31.7 Å². The molecule has 1 aromatic carbocycles. The van der Waals surface area contributed by atoms with E-state index in [1.165, 1.54) is 0 Å². The van der Waals surface area contributed by atoms with E-state index < -0.39 is 5.60 Å². The zero-order chi connectivity index (χ0) is 15.2. The molecule has 112 valence electrons. The lowest BCUT2D eigenvalue weighted by atomic mass is 9.88. The number of benzene rings is 1. The summed E-state index contributed by atoms with van der Waals surface area (Å²) in [6, 6.07) is 9.96. The van der Waals surface area contributed by atoms with Crippen molar-refractivity contribution in [1.29, 1.82) is 0 Å². The van der Waals surface area contributed by atoms with Gasteiger partial charge in [-0.2, -0.15) is 0 Å². The third-order valence-corrected chi connectivity index (χ3v) is 3.82. The molecule has 2 heteroatoms. The molecule has 1 rings (SSSR count). The minimum absolute atomic E-state index is 0.0204. The molecule has 1 aromatic rings. The summed E-state index contributed by atoms with van der Waals surface area (Å²) in [5.74, 6) is 0.677. The molecular weight excluding hydrogens is 248 g/mol. The Balaban J connectivity index is 2.38. The van der Waals surface area contributed by atoms with Crippen molar-refractivity contribution in [3.05, 3.63) is 35.9 Å². The number of rotatable bonds is 8. The van der Waals surface area contributed by atoms with Crippen LogP contribution < -0.4 is 0 Å². The van der Waals surface area contributed by atoms with Gasteiger partial charge in [0.25, 0.3) is 0 Å². The third kappa shape index (κ3) is 6.33. The lowest BCUT2D eigenvalue weighted by Crippen LogP contribution is -2.19. The van der Waals surface area contributed by atoms with E-state index in [2.05, 4.69) is 6.92 Å². The summed E-state index contributed by atoms with van der Waals surface area (Å²) in [7, 11) is 0. The fraction of sp³-hybridized carbons (Fsp3) is 0.611. The fourth-order valence-corrected chi connectivity index (χ4v) is 2.43. The summed E-state index contributed by atoms with van der Waals surface area (Å²) in [6.45, 7) is 7.78. The molecule has 0 amide bonds. The Morgan fingerprint density at radius 2 is 1.80 bits per heavy atom. The fourth-order valence-electron chi connectivity index (χ4n) is 2.43. The van der Waals surface area contributed by atoms with Gasteiger partial charge in [-0.1, -0.05) is 57.0 Å². The van der Waals surface area contributed by atoms with E-state index in [1.54, 1.807) is 0 Å². The van der Waals surface area contributed by atoms with Gasteiger partial charge in [0.05, 0.1) is 5.60 Å². The van der Waals surface area contributed by atoms with Crippen molar-refractivity contribution in [3.63, 3.8) is 0 Å². The van der Waals surface area contributed by atoms with Crippen molar-refractivity contribution in [2.75, 3.05) is 0 Å². The van der Waals surface area contributed by atoms with Crippen LogP contribution in [-0.4, -0.2) is 16.5 Å². The number of hydrogen-bond donors (Lipinski definition) is 1. The van der Waals surface area contributed by atoms with E-state index in [-0.39, 0.29) is 5.92 Å². The van der Waals surface area contributed by atoms with Crippen LogP contribution >= 0.6 is 0 Å². The van der Waals surface area contributed by atoms with Gasteiger partial charge >= 0.3 is 0 Å². The Hall–Kier alpha value is -1.15. The first kappa shape index (κ1) is 16.9. The second-order valence-electron chi connectivity index (χ2n) is 6.61. The Bertz CT molecular complexity index is 403. The third-order valence-electron chi connectivity index (χ3n) is 3.82. The smallest absolute Gasteiger partial charge is 0.140 e. The molecule has 20 heavy (non-hydrogen) atoms. The van der Waals surface area contributed by atoms with Crippen molar-refractivity contribution < 1.29 is 9.90 Å². The Morgan fingerprint density at radius 1 is 1.20 bits per heavy atom. The molecule has 0 saturated carbocycles. The average molecular weight is 276 g/mol. The van der Waals surface area contributed by atoms with Gasteiger partial charge in [0.1, 0.15) is 5.78 Å². The van der Waals surface area contributed by atoms with Crippen molar-refractivity contribution in [1.82, 2.24) is 0 Å². The molecule has 0 aliphatic heterocycles. The standard InChI is InChI=1S/C18H28O2/c1-14(9-8-12-18(3,4)20)13-17(19)15(2)16-10-6-5-7-11-16/h5-7,10-11,14-15,20H,8-9,12-13H2,1-4H3. The van der Waals surface area contributed by atoms with E-state index in [0.29, 0.717) is 18.1 Å². The van der Waals surface area contributed by atoms with E-state index in [1.807, 2.05) is 51.1 Å². The molecule has 0 bridgehead atoms. The van der Waals surface area contributed by atoms with Crippen LogP contribution in [0, 0.1) is 5.92 Å². The Kier molecular flexibility index (Phi) is 6.41. The minimum Gasteiger partial charge on any atom is -0.390 e. The molecule has 2 nitrogen and oxygen atoms in total. The SMILES string of the molecule is CC(CCCC(C)(C)O)CC(=O)C(C)c1ccccc1. The first-order valence-corrected chi connectivity index (χ1v) is 7.59. The van der Waals surface area contributed by atoms with Gasteiger partial charge in [-0.3, -0.25) is 4.79 Å². The number of hydrogen-bond acceptors (Lipinski definition) is 2. The summed E-state index contributed by atoms with van der Waals surface area (Å²) in [6.07, 6.45) is 3.39. The average Bonchev–Trinajstić information content (AvgIpc) is 2.37. The number of ketones is 1. The van der Waals surface area contributed by atoms with Crippen LogP contribution in [0.25, 0.3) is 0 Å². The van der Waals surface area contributed by atoms with Crippen LogP contribution in [0.1, 0.15) is 64.9 Å². The maximum Gasteiger partial charge on any atom is 0.140 e. The van der Waals surface area contributed by atoms with Crippen LogP contribution in [0.4, 0.5) is 0 Å². The van der Waals surface area contributed by atoms with Crippen LogP contribution in [-0.2, 0) is 4.79 Å². The molecular formula is C18H28O2. The molecule has 0 radical (unpaired) electrons. The topological polar surface area (TPSA) is 37.3 Å². The predicted octanol–water partition coefficient (Wildman–Crippen LogP) is 4.33. The van der Waals surface area contributed by atoms with Crippen LogP contribution in [0.3, 0.4) is 0 Å². The quantitative estimate of drug-likeness (QED) is 0.767. The first-order valence-electron chi connectivity index (χ1n) is 7.59. The van der Waals surface area contributed by atoms with Crippen LogP contribution in [0.15, 0.2) is 30.3 Å². The van der Waals surface area contributed by atoms with Crippen molar-refractivity contribution in [2.24, 2.45) is 5.92 Å². The molecule has 2 atom stereocenters.